The molecule has 3 N–H and O–H groups in total. The molecule has 1 aromatic carbocycles. The van der Waals surface area contributed by atoms with E-state index in [2.05, 4.69) is 26.1 Å². The Bertz CT molecular complexity index is 496. The van der Waals surface area contributed by atoms with Crippen molar-refractivity contribution < 1.29 is 4.74 Å². The maximum absolute atomic E-state index is 5.76. The zero-order valence-electron chi connectivity index (χ0n) is 8.83. The summed E-state index contributed by atoms with van der Waals surface area (Å²) in [5.41, 5.74) is 8.80. The van der Waals surface area contributed by atoms with Crippen LogP contribution in [0.5, 0.6) is 0 Å². The van der Waals surface area contributed by atoms with E-state index in [1.807, 2.05) is 18.2 Å². The molecule has 0 aliphatic heterocycles. The zero-order chi connectivity index (χ0) is 11.5. The minimum Gasteiger partial charge on any atom is -0.384 e. The third-order valence-electron chi connectivity index (χ3n) is 2.33. The Kier molecular flexibility index (Phi) is 3.26. The first-order valence-corrected chi connectivity index (χ1v) is 5.58. The number of hydrogen-bond donors (Lipinski definition) is 2. The number of hydrogen-bond acceptors (Lipinski definition) is 3. The maximum Gasteiger partial charge on any atom is 0.126 e. The van der Waals surface area contributed by atoms with Crippen molar-refractivity contribution in [2.24, 2.45) is 0 Å². The molecule has 4 nitrogen and oxygen atoms in total. The van der Waals surface area contributed by atoms with Crippen molar-refractivity contribution in [2.45, 2.75) is 6.61 Å². The molecule has 0 spiro atoms. The number of nitrogens with two attached hydrogens (primary N) is 1. The number of H-pyrrole nitrogens is 1. The van der Waals surface area contributed by atoms with Crippen LogP contribution >= 0.6 is 15.9 Å². The van der Waals surface area contributed by atoms with Crippen LogP contribution in [0.2, 0.25) is 0 Å². The van der Waals surface area contributed by atoms with Crippen LogP contribution in [0.3, 0.4) is 0 Å². The van der Waals surface area contributed by atoms with Crippen molar-refractivity contribution in [1.29, 1.82) is 0 Å². The summed E-state index contributed by atoms with van der Waals surface area (Å²) >= 11 is 3.51. The molecule has 0 atom stereocenters. The van der Waals surface area contributed by atoms with E-state index < -0.39 is 0 Å². The molecule has 0 saturated carbocycles. The van der Waals surface area contributed by atoms with E-state index in [-0.39, 0.29) is 0 Å². The molecule has 1 aromatic heterocycles. The second-order valence-electron chi connectivity index (χ2n) is 3.44. The second kappa shape index (κ2) is 4.67. The van der Waals surface area contributed by atoms with E-state index in [0.717, 1.165) is 21.2 Å². The zero-order valence-corrected chi connectivity index (χ0v) is 10.4. The van der Waals surface area contributed by atoms with Gasteiger partial charge in [-0.15, -0.1) is 0 Å². The molecular weight excluding hydrogens is 270 g/mol. The van der Waals surface area contributed by atoms with Crippen molar-refractivity contribution in [3.05, 3.63) is 34.4 Å². The summed E-state index contributed by atoms with van der Waals surface area (Å²) in [7, 11) is 1.68. The van der Waals surface area contributed by atoms with Crippen molar-refractivity contribution >= 4 is 21.7 Å². The average Bonchev–Trinajstić information content (AvgIpc) is 2.68. The topological polar surface area (TPSA) is 63.9 Å². The van der Waals surface area contributed by atoms with Crippen LogP contribution in [0, 0.1) is 0 Å². The van der Waals surface area contributed by atoms with Gasteiger partial charge in [0.1, 0.15) is 5.82 Å². The van der Waals surface area contributed by atoms with Gasteiger partial charge in [-0.05, 0) is 17.2 Å². The summed E-state index contributed by atoms with van der Waals surface area (Å²) in [6.45, 7) is 0.585. The molecule has 0 unspecified atom stereocenters. The Morgan fingerprint density at radius 2 is 2.31 bits per heavy atom. The van der Waals surface area contributed by atoms with Crippen molar-refractivity contribution in [2.75, 3.05) is 12.8 Å². The Balaban J connectivity index is 2.38. The quantitative estimate of drug-likeness (QED) is 0.909. The average molecular weight is 282 g/mol. The lowest BCUT2D eigenvalue weighted by Gasteiger charge is -2.06. The summed E-state index contributed by atoms with van der Waals surface area (Å²) in [5.74, 6) is 0.575. The fourth-order valence-corrected chi connectivity index (χ4v) is 2.01. The largest absolute Gasteiger partial charge is 0.384 e. The van der Waals surface area contributed by atoms with Crippen LogP contribution in [0.25, 0.3) is 11.1 Å². The van der Waals surface area contributed by atoms with Crippen LogP contribution < -0.4 is 5.73 Å². The number of benzene rings is 1. The number of methoxy groups -OCH3 is 1. The SMILES string of the molecule is COCc1ccc(-c2cn[nH]c2N)cc1Br. The highest BCUT2D eigenvalue weighted by Gasteiger charge is 2.07. The van der Waals surface area contributed by atoms with Crippen molar-refractivity contribution in [1.82, 2.24) is 10.2 Å². The number of ether oxygens (including phenoxy) is 1. The molecule has 2 aromatic rings. The first-order valence-electron chi connectivity index (χ1n) is 4.79. The number of halogens is 1. The first-order chi connectivity index (χ1) is 7.72. The predicted molar refractivity (Wildman–Crippen MR) is 66.8 cm³/mol. The van der Waals surface area contributed by atoms with Gasteiger partial charge in [0.25, 0.3) is 0 Å². The monoisotopic (exact) mass is 281 g/mol. The highest BCUT2D eigenvalue weighted by Crippen LogP contribution is 2.28. The molecule has 16 heavy (non-hydrogen) atoms. The van der Waals surface area contributed by atoms with Gasteiger partial charge in [-0.1, -0.05) is 28.1 Å². The highest BCUT2D eigenvalue weighted by atomic mass is 79.9. The van der Waals surface area contributed by atoms with Gasteiger partial charge in [0.15, 0.2) is 0 Å². The van der Waals surface area contributed by atoms with E-state index >= 15 is 0 Å². The fourth-order valence-electron chi connectivity index (χ4n) is 1.51. The Morgan fingerprint density at radius 1 is 1.50 bits per heavy atom. The molecule has 0 bridgehead atoms. The van der Waals surface area contributed by atoms with Crippen LogP contribution in [0.1, 0.15) is 5.56 Å². The highest BCUT2D eigenvalue weighted by molar-refractivity contribution is 9.10. The standard InChI is InChI=1S/C11H12BrN3O/c1-16-6-8-3-2-7(4-10(8)12)9-5-14-15-11(9)13/h2-5H,6H2,1H3,(H3,13,14,15). The molecule has 0 amide bonds. The molecular formula is C11H12BrN3O. The molecule has 0 aliphatic carbocycles. The number of nitrogen functional groups attached to an aromatic ring is 1. The van der Waals surface area contributed by atoms with E-state index in [0.29, 0.717) is 12.4 Å². The summed E-state index contributed by atoms with van der Waals surface area (Å²) in [6, 6.07) is 6.02. The minimum atomic E-state index is 0.575. The van der Waals surface area contributed by atoms with E-state index in [1.165, 1.54) is 0 Å². The summed E-state index contributed by atoms with van der Waals surface area (Å²) < 4.78 is 6.10. The number of aromatic amines is 1. The molecule has 2 rings (SSSR count). The predicted octanol–water partition coefficient (Wildman–Crippen LogP) is 2.57. The van der Waals surface area contributed by atoms with E-state index in [9.17, 15) is 0 Å². The van der Waals surface area contributed by atoms with Gasteiger partial charge >= 0.3 is 0 Å². The van der Waals surface area contributed by atoms with E-state index in [1.54, 1.807) is 13.3 Å². The smallest absolute Gasteiger partial charge is 0.126 e. The Morgan fingerprint density at radius 3 is 2.88 bits per heavy atom. The normalized spacial score (nSPS) is 10.6. The number of anilines is 1. The molecule has 0 radical (unpaired) electrons. The lowest BCUT2D eigenvalue weighted by molar-refractivity contribution is 0.184. The van der Waals surface area contributed by atoms with Crippen molar-refractivity contribution in [3.8, 4) is 11.1 Å². The summed E-state index contributed by atoms with van der Waals surface area (Å²) in [6.07, 6.45) is 1.72. The molecule has 1 heterocycles. The van der Waals surface area contributed by atoms with Crippen molar-refractivity contribution in [3.63, 3.8) is 0 Å². The minimum absolute atomic E-state index is 0.575. The number of rotatable bonds is 3. The molecule has 0 fully saturated rings. The Labute approximate surface area is 102 Å². The molecule has 0 aliphatic rings. The first kappa shape index (κ1) is 11.2. The summed E-state index contributed by atoms with van der Waals surface area (Å²) in [5, 5.41) is 6.61. The van der Waals surface area contributed by atoms with Gasteiger partial charge in [0.2, 0.25) is 0 Å². The van der Waals surface area contributed by atoms with Crippen LogP contribution in [0.15, 0.2) is 28.9 Å². The number of nitrogens with zero attached hydrogens (tertiary/aromatic N) is 1. The lowest BCUT2D eigenvalue weighted by Crippen LogP contribution is -1.91. The van der Waals surface area contributed by atoms with Crippen LogP contribution in [-0.4, -0.2) is 17.3 Å². The number of aromatic nitrogens is 2. The van der Waals surface area contributed by atoms with Crippen LogP contribution in [-0.2, 0) is 11.3 Å². The number of nitrogens with one attached hydrogen (secondary N) is 1. The molecule has 0 saturated heterocycles. The maximum atomic E-state index is 5.76. The molecule has 84 valence electrons. The van der Waals surface area contributed by atoms with E-state index in [4.69, 9.17) is 10.5 Å². The van der Waals surface area contributed by atoms with Gasteiger partial charge < -0.3 is 10.5 Å². The van der Waals surface area contributed by atoms with Gasteiger partial charge in [-0.2, -0.15) is 5.10 Å². The van der Waals surface area contributed by atoms with Gasteiger partial charge in [-0.25, -0.2) is 0 Å². The Hall–Kier alpha value is -1.33. The van der Waals surface area contributed by atoms with Gasteiger partial charge in [-0.3, -0.25) is 5.10 Å². The lowest BCUT2D eigenvalue weighted by atomic mass is 10.1. The summed E-state index contributed by atoms with van der Waals surface area (Å²) in [4.78, 5) is 0. The fraction of sp³-hybridized carbons (Fsp3) is 0.182. The van der Waals surface area contributed by atoms with Gasteiger partial charge in [0.05, 0.1) is 12.8 Å². The second-order valence-corrected chi connectivity index (χ2v) is 4.29. The van der Waals surface area contributed by atoms with Crippen LogP contribution in [0.4, 0.5) is 5.82 Å². The van der Waals surface area contributed by atoms with Gasteiger partial charge in [0, 0.05) is 17.1 Å². The molecule has 5 heteroatoms. The third-order valence-corrected chi connectivity index (χ3v) is 3.07. The third kappa shape index (κ3) is 2.10.